The van der Waals surface area contributed by atoms with Gasteiger partial charge in [0.2, 0.25) is 0 Å². The molecule has 0 saturated heterocycles. The lowest BCUT2D eigenvalue weighted by Gasteiger charge is -2.55. The first-order chi connectivity index (χ1) is 21.5. The molecule has 0 bridgehead atoms. The zero-order chi connectivity index (χ0) is 31.8. The molecular weight excluding hydrogens is 556 g/mol. The second-order valence-electron chi connectivity index (χ2n) is 15.6. The van der Waals surface area contributed by atoms with Gasteiger partial charge in [-0.2, -0.15) is 0 Å². The highest BCUT2D eigenvalue weighted by Gasteiger charge is 2.57. The molecule has 0 heterocycles. The summed E-state index contributed by atoms with van der Waals surface area (Å²) in [7, 11) is 0. The lowest BCUT2D eigenvalue weighted by molar-refractivity contribution is -0.00745. The molecule has 0 aromatic heterocycles. The van der Waals surface area contributed by atoms with Crippen LogP contribution in [0, 0.1) is 34.5 Å². The quantitative estimate of drug-likeness (QED) is 0.266. The molecule has 3 fully saturated rings. The average molecular weight is 609 g/mol. The summed E-state index contributed by atoms with van der Waals surface area (Å²) in [4.78, 5) is 25.4. The topological polar surface area (TPSA) is 52.6 Å². The van der Waals surface area contributed by atoms with E-state index in [1.54, 1.807) is 5.57 Å². The Balaban J connectivity index is 1.07. The van der Waals surface area contributed by atoms with E-state index < -0.39 is 5.60 Å². The van der Waals surface area contributed by atoms with Crippen molar-refractivity contribution in [2.75, 3.05) is 0 Å². The van der Waals surface area contributed by atoms with E-state index in [2.05, 4.69) is 32.9 Å². The van der Waals surface area contributed by atoms with Crippen LogP contribution in [0.15, 0.2) is 84.0 Å². The van der Waals surface area contributed by atoms with E-state index in [-0.39, 0.29) is 23.5 Å². The van der Waals surface area contributed by atoms with Crippen molar-refractivity contribution in [2.45, 2.75) is 111 Å². The highest BCUT2D eigenvalue weighted by molar-refractivity contribution is 5.90. The van der Waals surface area contributed by atoms with Crippen LogP contribution >= 0.6 is 0 Å². The fourth-order valence-corrected chi connectivity index (χ4v) is 9.82. The number of ether oxygens (including phenoxy) is 2. The maximum Gasteiger partial charge on any atom is 0.338 e. The molecule has 45 heavy (non-hydrogen) atoms. The highest BCUT2D eigenvalue weighted by Crippen LogP contribution is 2.66. The summed E-state index contributed by atoms with van der Waals surface area (Å²) < 4.78 is 11.9. The van der Waals surface area contributed by atoms with Crippen molar-refractivity contribution in [3.05, 3.63) is 95.1 Å². The largest absolute Gasteiger partial charge is 0.458 e. The maximum atomic E-state index is 12.8. The zero-order valence-electron chi connectivity index (χ0n) is 28.0. The van der Waals surface area contributed by atoms with Crippen LogP contribution < -0.4 is 0 Å². The van der Waals surface area contributed by atoms with Gasteiger partial charge in [-0.15, -0.1) is 0 Å². The van der Waals surface area contributed by atoms with Crippen LogP contribution in [0.3, 0.4) is 0 Å². The number of esters is 2. The molecule has 0 aliphatic heterocycles. The molecule has 3 saturated carbocycles. The summed E-state index contributed by atoms with van der Waals surface area (Å²) in [6.07, 6.45) is 16.0. The second kappa shape index (κ2) is 12.6. The first-order valence-electron chi connectivity index (χ1n) is 17.5. The van der Waals surface area contributed by atoms with Gasteiger partial charge in [-0.3, -0.25) is 0 Å². The van der Waals surface area contributed by atoms with E-state index >= 15 is 0 Å². The van der Waals surface area contributed by atoms with E-state index in [4.69, 9.17) is 9.47 Å². The Bertz CT molecular complexity index is 1440. The number of fused-ring (bicyclic) bond motifs is 5. The standard InChI is InChI=1S/C41H52O4/c1-28(13-12-24-39(2,3)45-38(43)30-16-10-7-11-17-30)34-20-21-35-33-19-18-31-27-32(44-37(42)29-14-8-6-9-15-29)22-25-40(31,4)36(33)23-26-41(34,35)5/h6-11,14-19,28,32,34-36H,12-13,20-27H2,1-5H3/t28-,32+,34-,35+,36+,40+,41-/m1/s1. The SMILES string of the molecule is C[C@H](CCCC(C)(C)OC(=O)c1ccccc1)[C@H]1CC[C@H]2C3=CC=C4C[C@@H](OC(=O)c5ccccc5)CC[C@]4(C)[C@H]3CC[C@]12C. The Labute approximate surface area is 270 Å². The maximum absolute atomic E-state index is 12.8. The molecule has 0 unspecified atom stereocenters. The molecular formula is C41H52O4. The van der Waals surface area contributed by atoms with Gasteiger partial charge in [0.25, 0.3) is 0 Å². The van der Waals surface area contributed by atoms with Gasteiger partial charge in [-0.1, -0.05) is 86.9 Å². The number of carbonyl (C=O) groups excluding carboxylic acids is 2. The number of benzene rings is 2. The molecule has 0 N–H and O–H groups in total. The molecule has 240 valence electrons. The Kier molecular flexibility index (Phi) is 8.89. The van der Waals surface area contributed by atoms with Crippen LogP contribution in [0.4, 0.5) is 0 Å². The van der Waals surface area contributed by atoms with Crippen molar-refractivity contribution in [3.8, 4) is 0 Å². The van der Waals surface area contributed by atoms with Crippen LogP contribution in [0.25, 0.3) is 0 Å². The fraction of sp³-hybridized carbons (Fsp3) is 0.561. The van der Waals surface area contributed by atoms with Crippen LogP contribution in [0.5, 0.6) is 0 Å². The minimum absolute atomic E-state index is 0.0376. The molecule has 4 heteroatoms. The molecule has 4 nitrogen and oxygen atoms in total. The summed E-state index contributed by atoms with van der Waals surface area (Å²) in [5, 5.41) is 0. The number of hydrogen-bond acceptors (Lipinski definition) is 4. The lowest BCUT2D eigenvalue weighted by Crippen LogP contribution is -2.46. The van der Waals surface area contributed by atoms with Crippen molar-refractivity contribution < 1.29 is 19.1 Å². The Morgan fingerprint density at radius 3 is 2.20 bits per heavy atom. The molecule has 2 aromatic carbocycles. The van der Waals surface area contributed by atoms with Crippen LogP contribution in [0.2, 0.25) is 0 Å². The minimum Gasteiger partial charge on any atom is -0.458 e. The third-order valence-corrected chi connectivity index (χ3v) is 12.4. The van der Waals surface area contributed by atoms with Gasteiger partial charge < -0.3 is 9.47 Å². The summed E-state index contributed by atoms with van der Waals surface area (Å²) >= 11 is 0. The molecule has 0 amide bonds. The molecule has 4 aliphatic rings. The lowest BCUT2D eigenvalue weighted by atomic mass is 9.50. The Morgan fingerprint density at radius 1 is 0.844 bits per heavy atom. The van der Waals surface area contributed by atoms with Crippen LogP contribution in [-0.2, 0) is 9.47 Å². The van der Waals surface area contributed by atoms with E-state index in [1.165, 1.54) is 37.7 Å². The summed E-state index contributed by atoms with van der Waals surface area (Å²) in [5.74, 6) is 2.22. The molecule has 4 aliphatic carbocycles. The third-order valence-electron chi connectivity index (χ3n) is 12.4. The number of allylic oxidation sites excluding steroid dienone is 3. The van der Waals surface area contributed by atoms with Gasteiger partial charge in [-0.25, -0.2) is 9.59 Å². The van der Waals surface area contributed by atoms with Crippen molar-refractivity contribution in [2.24, 2.45) is 34.5 Å². The Morgan fingerprint density at radius 2 is 1.51 bits per heavy atom. The van der Waals surface area contributed by atoms with Gasteiger partial charge in [-0.05, 0) is 124 Å². The van der Waals surface area contributed by atoms with Gasteiger partial charge in [0.05, 0.1) is 11.1 Å². The molecule has 0 radical (unpaired) electrons. The van der Waals surface area contributed by atoms with Crippen LogP contribution in [0.1, 0.15) is 120 Å². The molecule has 2 aromatic rings. The normalized spacial score (nSPS) is 31.4. The predicted molar refractivity (Wildman–Crippen MR) is 180 cm³/mol. The monoisotopic (exact) mass is 608 g/mol. The summed E-state index contributed by atoms with van der Waals surface area (Å²) in [6.45, 7) is 11.7. The number of hydrogen-bond donors (Lipinski definition) is 0. The molecule has 0 spiro atoms. The first kappa shape index (κ1) is 31.8. The van der Waals surface area contributed by atoms with Gasteiger partial charge in [0, 0.05) is 6.42 Å². The van der Waals surface area contributed by atoms with E-state index in [9.17, 15) is 9.59 Å². The average Bonchev–Trinajstić information content (AvgIpc) is 3.39. The van der Waals surface area contributed by atoms with Crippen molar-refractivity contribution in [3.63, 3.8) is 0 Å². The molecule has 7 atom stereocenters. The van der Waals surface area contributed by atoms with E-state index in [0.29, 0.717) is 34.3 Å². The second-order valence-corrected chi connectivity index (χ2v) is 15.6. The predicted octanol–water partition coefficient (Wildman–Crippen LogP) is 10.2. The van der Waals surface area contributed by atoms with Crippen molar-refractivity contribution in [1.29, 1.82) is 0 Å². The summed E-state index contributed by atoms with van der Waals surface area (Å²) in [5.41, 5.74) is 4.49. The van der Waals surface area contributed by atoms with Gasteiger partial charge >= 0.3 is 11.9 Å². The van der Waals surface area contributed by atoms with Crippen molar-refractivity contribution in [1.82, 2.24) is 0 Å². The third kappa shape index (κ3) is 6.31. The van der Waals surface area contributed by atoms with Crippen LogP contribution in [-0.4, -0.2) is 23.6 Å². The summed E-state index contributed by atoms with van der Waals surface area (Å²) in [6, 6.07) is 18.7. The van der Waals surface area contributed by atoms with Crippen molar-refractivity contribution >= 4 is 11.9 Å². The number of carbonyl (C=O) groups is 2. The van der Waals surface area contributed by atoms with E-state index in [1.807, 2.05) is 74.5 Å². The number of rotatable bonds is 9. The zero-order valence-corrected chi connectivity index (χ0v) is 28.0. The Hall–Kier alpha value is -3.14. The van der Waals surface area contributed by atoms with Gasteiger partial charge in [0.1, 0.15) is 11.7 Å². The first-order valence-corrected chi connectivity index (χ1v) is 17.5. The minimum atomic E-state index is -0.474. The van der Waals surface area contributed by atoms with Gasteiger partial charge in [0.15, 0.2) is 0 Å². The molecule has 6 rings (SSSR count). The highest BCUT2D eigenvalue weighted by atomic mass is 16.6. The fourth-order valence-electron chi connectivity index (χ4n) is 9.82. The van der Waals surface area contributed by atoms with E-state index in [0.717, 1.165) is 38.0 Å². The smallest absolute Gasteiger partial charge is 0.338 e.